The van der Waals surface area contributed by atoms with Gasteiger partial charge in [-0.25, -0.2) is 9.78 Å². The van der Waals surface area contributed by atoms with E-state index in [2.05, 4.69) is 20.0 Å². The van der Waals surface area contributed by atoms with Gasteiger partial charge in [0.05, 0.1) is 23.7 Å². The summed E-state index contributed by atoms with van der Waals surface area (Å²) in [6.45, 7) is 0. The molecule has 0 aliphatic carbocycles. The van der Waals surface area contributed by atoms with Crippen molar-refractivity contribution in [3.8, 4) is 11.4 Å². The Morgan fingerprint density at radius 3 is 2.25 bits per heavy atom. The summed E-state index contributed by atoms with van der Waals surface area (Å²) >= 11 is 0. The molecule has 138 valence electrons. The Bertz CT molecular complexity index is 1110. The summed E-state index contributed by atoms with van der Waals surface area (Å²) in [5, 5.41) is 2.84. The third kappa shape index (κ3) is 3.48. The Labute approximate surface area is 161 Å². The summed E-state index contributed by atoms with van der Waals surface area (Å²) in [5.41, 5.74) is 4.33. The van der Waals surface area contributed by atoms with Crippen LogP contribution in [0.25, 0.3) is 22.4 Å². The standard InChI is InChI=1S/C22H17N3O3/c1-28-22(27)16-8-6-15(7-9-16)21(26)23-17-12-10-14(11-13-17)20-24-18-4-2-3-5-19(18)25-20/h2-13H,1H3,(H,23,26)(H,24,25). The van der Waals surface area contributed by atoms with E-state index < -0.39 is 5.97 Å². The van der Waals surface area contributed by atoms with Crippen LogP contribution in [0.4, 0.5) is 5.69 Å². The molecule has 1 aromatic heterocycles. The van der Waals surface area contributed by atoms with E-state index in [1.165, 1.54) is 7.11 Å². The monoisotopic (exact) mass is 371 g/mol. The molecule has 4 aromatic rings. The van der Waals surface area contributed by atoms with Gasteiger partial charge >= 0.3 is 5.97 Å². The van der Waals surface area contributed by atoms with Gasteiger partial charge in [-0.1, -0.05) is 12.1 Å². The first-order chi connectivity index (χ1) is 13.6. The molecule has 0 saturated carbocycles. The van der Waals surface area contributed by atoms with Crippen molar-refractivity contribution >= 4 is 28.6 Å². The SMILES string of the molecule is COC(=O)c1ccc(C(=O)Nc2ccc(-c3nc4ccccc4[nH]3)cc2)cc1. The molecule has 2 N–H and O–H groups in total. The number of para-hydroxylation sites is 2. The van der Waals surface area contributed by atoms with Crippen molar-refractivity contribution in [2.24, 2.45) is 0 Å². The lowest BCUT2D eigenvalue weighted by atomic mass is 10.1. The fourth-order valence-electron chi connectivity index (χ4n) is 2.88. The Morgan fingerprint density at radius 1 is 0.893 bits per heavy atom. The number of fused-ring (bicyclic) bond motifs is 1. The van der Waals surface area contributed by atoms with Crippen molar-refractivity contribution in [3.63, 3.8) is 0 Å². The third-order valence-corrected chi connectivity index (χ3v) is 4.37. The zero-order valence-electron chi connectivity index (χ0n) is 15.1. The van der Waals surface area contributed by atoms with Gasteiger partial charge in [0.1, 0.15) is 5.82 Å². The number of nitrogens with one attached hydrogen (secondary N) is 2. The summed E-state index contributed by atoms with van der Waals surface area (Å²) in [6, 6.07) is 21.6. The maximum Gasteiger partial charge on any atom is 0.337 e. The number of aromatic nitrogens is 2. The molecule has 0 aliphatic rings. The first-order valence-corrected chi connectivity index (χ1v) is 8.69. The van der Waals surface area contributed by atoms with Crippen LogP contribution in [-0.2, 0) is 4.74 Å². The quantitative estimate of drug-likeness (QED) is 0.525. The summed E-state index contributed by atoms with van der Waals surface area (Å²) < 4.78 is 4.65. The first kappa shape index (κ1) is 17.5. The van der Waals surface area contributed by atoms with Gasteiger partial charge in [0.15, 0.2) is 0 Å². The van der Waals surface area contributed by atoms with E-state index in [0.29, 0.717) is 16.8 Å². The maximum atomic E-state index is 12.4. The molecule has 0 bridgehead atoms. The van der Waals surface area contributed by atoms with Crippen LogP contribution in [-0.4, -0.2) is 29.0 Å². The van der Waals surface area contributed by atoms with E-state index in [9.17, 15) is 9.59 Å². The molecule has 0 unspecified atom stereocenters. The number of ether oxygens (including phenoxy) is 1. The van der Waals surface area contributed by atoms with Crippen LogP contribution in [0.2, 0.25) is 0 Å². The lowest BCUT2D eigenvalue weighted by Gasteiger charge is -2.07. The molecule has 0 saturated heterocycles. The second-order valence-electron chi connectivity index (χ2n) is 6.20. The normalized spacial score (nSPS) is 10.6. The number of imidazole rings is 1. The average Bonchev–Trinajstić information content (AvgIpc) is 3.18. The molecule has 0 aliphatic heterocycles. The van der Waals surface area contributed by atoms with Crippen molar-refractivity contribution in [1.29, 1.82) is 0 Å². The van der Waals surface area contributed by atoms with Crippen LogP contribution in [0.5, 0.6) is 0 Å². The van der Waals surface area contributed by atoms with Gasteiger partial charge in [0, 0.05) is 16.8 Å². The smallest absolute Gasteiger partial charge is 0.337 e. The second-order valence-corrected chi connectivity index (χ2v) is 6.20. The van der Waals surface area contributed by atoms with Gasteiger partial charge in [-0.3, -0.25) is 4.79 Å². The van der Waals surface area contributed by atoms with Crippen LogP contribution in [0, 0.1) is 0 Å². The Balaban J connectivity index is 1.48. The number of H-pyrrole nitrogens is 1. The van der Waals surface area contributed by atoms with Crippen LogP contribution in [0.1, 0.15) is 20.7 Å². The van der Waals surface area contributed by atoms with Crippen LogP contribution in [0.15, 0.2) is 72.8 Å². The van der Waals surface area contributed by atoms with E-state index in [0.717, 1.165) is 22.4 Å². The number of aromatic amines is 1. The highest BCUT2D eigenvalue weighted by molar-refractivity contribution is 6.04. The number of hydrogen-bond acceptors (Lipinski definition) is 4. The highest BCUT2D eigenvalue weighted by atomic mass is 16.5. The minimum absolute atomic E-state index is 0.257. The van der Waals surface area contributed by atoms with E-state index in [1.807, 2.05) is 48.5 Å². The number of benzene rings is 3. The number of hydrogen-bond donors (Lipinski definition) is 2. The van der Waals surface area contributed by atoms with Crippen molar-refractivity contribution in [3.05, 3.63) is 83.9 Å². The molecule has 4 rings (SSSR count). The highest BCUT2D eigenvalue weighted by Gasteiger charge is 2.10. The molecular weight excluding hydrogens is 354 g/mol. The first-order valence-electron chi connectivity index (χ1n) is 8.69. The molecule has 0 fully saturated rings. The minimum Gasteiger partial charge on any atom is -0.465 e. The summed E-state index contributed by atoms with van der Waals surface area (Å²) in [5.74, 6) is 0.0820. The van der Waals surface area contributed by atoms with Gasteiger partial charge in [0.25, 0.3) is 5.91 Å². The van der Waals surface area contributed by atoms with E-state index >= 15 is 0 Å². The molecular formula is C22H17N3O3. The van der Waals surface area contributed by atoms with Gasteiger partial charge in [-0.05, 0) is 60.7 Å². The fraction of sp³-hybridized carbons (Fsp3) is 0.0455. The van der Waals surface area contributed by atoms with E-state index in [4.69, 9.17) is 0 Å². The van der Waals surface area contributed by atoms with Crippen LogP contribution in [0.3, 0.4) is 0 Å². The third-order valence-electron chi connectivity index (χ3n) is 4.37. The second kappa shape index (κ2) is 7.36. The summed E-state index contributed by atoms with van der Waals surface area (Å²) in [4.78, 5) is 31.7. The molecule has 0 radical (unpaired) electrons. The number of methoxy groups -OCH3 is 1. The molecule has 0 atom stereocenters. The molecule has 1 amide bonds. The van der Waals surface area contributed by atoms with E-state index in [1.54, 1.807) is 24.3 Å². The number of rotatable bonds is 4. The van der Waals surface area contributed by atoms with Gasteiger partial charge in [-0.2, -0.15) is 0 Å². The highest BCUT2D eigenvalue weighted by Crippen LogP contribution is 2.22. The molecule has 3 aromatic carbocycles. The maximum absolute atomic E-state index is 12.4. The van der Waals surface area contributed by atoms with Crippen LogP contribution >= 0.6 is 0 Å². The predicted octanol–water partition coefficient (Wildman–Crippen LogP) is 4.27. The Hall–Kier alpha value is -3.93. The molecule has 28 heavy (non-hydrogen) atoms. The number of anilines is 1. The summed E-state index contributed by atoms with van der Waals surface area (Å²) in [6.07, 6.45) is 0. The molecule has 6 heteroatoms. The number of amides is 1. The van der Waals surface area contributed by atoms with Gasteiger partial charge < -0.3 is 15.0 Å². The average molecular weight is 371 g/mol. The zero-order valence-corrected chi connectivity index (χ0v) is 15.1. The Morgan fingerprint density at radius 2 is 1.57 bits per heavy atom. The number of carbonyl (C=O) groups is 2. The van der Waals surface area contributed by atoms with E-state index in [-0.39, 0.29) is 5.91 Å². The zero-order chi connectivity index (χ0) is 19.5. The topological polar surface area (TPSA) is 84.1 Å². The lowest BCUT2D eigenvalue weighted by molar-refractivity contribution is 0.0600. The fourth-order valence-corrected chi connectivity index (χ4v) is 2.88. The van der Waals surface area contributed by atoms with Crippen LogP contribution < -0.4 is 5.32 Å². The predicted molar refractivity (Wildman–Crippen MR) is 107 cm³/mol. The van der Waals surface area contributed by atoms with Gasteiger partial charge in [-0.15, -0.1) is 0 Å². The van der Waals surface area contributed by atoms with Crippen molar-refractivity contribution in [1.82, 2.24) is 9.97 Å². The molecule has 1 heterocycles. The largest absolute Gasteiger partial charge is 0.465 e. The number of esters is 1. The Kier molecular flexibility index (Phi) is 4.60. The van der Waals surface area contributed by atoms with Crippen molar-refractivity contribution in [2.45, 2.75) is 0 Å². The van der Waals surface area contributed by atoms with Gasteiger partial charge in [0.2, 0.25) is 0 Å². The molecule has 0 spiro atoms. The number of nitrogens with zero attached hydrogens (tertiary/aromatic N) is 1. The lowest BCUT2D eigenvalue weighted by Crippen LogP contribution is -2.12. The minimum atomic E-state index is -0.437. The van der Waals surface area contributed by atoms with Crippen molar-refractivity contribution in [2.75, 3.05) is 12.4 Å². The molecule has 6 nitrogen and oxygen atoms in total. The summed E-state index contributed by atoms with van der Waals surface area (Å²) in [7, 11) is 1.32. The number of carbonyl (C=O) groups excluding carboxylic acids is 2. The van der Waals surface area contributed by atoms with Crippen molar-refractivity contribution < 1.29 is 14.3 Å².